The fourth-order valence-corrected chi connectivity index (χ4v) is 1.53. The van der Waals surface area contributed by atoms with Gasteiger partial charge in [-0.3, -0.25) is 0 Å². The fraction of sp³-hybridized carbons (Fsp3) is 0.467. The Kier molecular flexibility index (Phi) is 5.55. The number of alkyl carbamates (subject to hydrolysis) is 1. The van der Waals surface area contributed by atoms with E-state index in [9.17, 15) is 9.59 Å². The molecule has 0 aliphatic carbocycles. The van der Waals surface area contributed by atoms with Gasteiger partial charge in [0.15, 0.2) is 0 Å². The smallest absolute Gasteiger partial charge is 0.408 e. The first-order valence-corrected chi connectivity index (χ1v) is 6.38. The maximum Gasteiger partial charge on any atom is 0.408 e. The zero-order valence-corrected chi connectivity index (χ0v) is 12.3. The second kappa shape index (κ2) is 6.93. The Balaban J connectivity index is 2.52. The van der Waals surface area contributed by atoms with Crippen molar-refractivity contribution >= 4 is 12.4 Å². The quantitative estimate of drug-likeness (QED) is 0.841. The van der Waals surface area contributed by atoms with Crippen LogP contribution in [0.3, 0.4) is 0 Å². The zero-order chi connectivity index (χ0) is 15.2. The summed E-state index contributed by atoms with van der Waals surface area (Å²) in [5.74, 6) is 0.701. The van der Waals surface area contributed by atoms with Crippen molar-refractivity contribution in [2.24, 2.45) is 5.41 Å². The van der Waals surface area contributed by atoms with Crippen molar-refractivity contribution in [3.63, 3.8) is 0 Å². The van der Waals surface area contributed by atoms with Crippen LogP contribution in [-0.4, -0.2) is 25.5 Å². The predicted octanol–water partition coefficient (Wildman–Crippen LogP) is 2.54. The Morgan fingerprint density at radius 2 is 2.10 bits per heavy atom. The Bertz CT molecular complexity index is 465. The van der Waals surface area contributed by atoms with Crippen LogP contribution in [0.15, 0.2) is 24.3 Å². The van der Waals surface area contributed by atoms with E-state index in [1.54, 1.807) is 13.2 Å². The van der Waals surface area contributed by atoms with Crippen LogP contribution in [0.5, 0.6) is 5.75 Å². The number of nitrogens with one attached hydrogen (secondary N) is 1. The van der Waals surface area contributed by atoms with Crippen molar-refractivity contribution in [3.05, 3.63) is 29.8 Å². The van der Waals surface area contributed by atoms with Crippen molar-refractivity contribution in [1.82, 2.24) is 5.32 Å². The first kappa shape index (κ1) is 16.0. The SMILES string of the molecule is COc1cccc(COC(=O)NC(C=O)C(C)(C)C)c1. The van der Waals surface area contributed by atoms with E-state index < -0.39 is 12.1 Å². The number of carbonyl (C=O) groups excluding carboxylic acids is 2. The summed E-state index contributed by atoms with van der Waals surface area (Å²) in [4.78, 5) is 22.6. The molecule has 110 valence electrons. The minimum absolute atomic E-state index is 0.124. The number of carbonyl (C=O) groups is 2. The van der Waals surface area contributed by atoms with Crippen LogP contribution in [0.25, 0.3) is 0 Å². The van der Waals surface area contributed by atoms with Crippen molar-refractivity contribution in [2.75, 3.05) is 7.11 Å². The third-order valence-corrected chi connectivity index (χ3v) is 2.85. The Morgan fingerprint density at radius 3 is 2.65 bits per heavy atom. The molecular formula is C15H21NO4. The van der Waals surface area contributed by atoms with Gasteiger partial charge < -0.3 is 19.6 Å². The highest BCUT2D eigenvalue weighted by molar-refractivity contribution is 5.73. The van der Waals surface area contributed by atoms with Gasteiger partial charge in [-0.25, -0.2) is 4.79 Å². The molecule has 1 aromatic rings. The number of amides is 1. The van der Waals surface area contributed by atoms with Crippen LogP contribution in [0.1, 0.15) is 26.3 Å². The van der Waals surface area contributed by atoms with Crippen molar-refractivity contribution in [1.29, 1.82) is 0 Å². The van der Waals surface area contributed by atoms with Crippen LogP contribution in [0.4, 0.5) is 4.79 Å². The molecule has 1 atom stereocenters. The van der Waals surface area contributed by atoms with Gasteiger partial charge in [0.05, 0.1) is 13.2 Å². The van der Waals surface area contributed by atoms with Gasteiger partial charge >= 0.3 is 6.09 Å². The number of hydrogen-bond donors (Lipinski definition) is 1. The summed E-state index contributed by atoms with van der Waals surface area (Å²) in [6.45, 7) is 5.73. The molecule has 0 saturated heterocycles. The molecule has 0 aromatic heterocycles. The van der Waals surface area contributed by atoms with Crippen LogP contribution in [0.2, 0.25) is 0 Å². The molecule has 5 heteroatoms. The predicted molar refractivity (Wildman–Crippen MR) is 75.6 cm³/mol. The minimum Gasteiger partial charge on any atom is -0.497 e. The summed E-state index contributed by atoms with van der Waals surface area (Å²) in [5, 5.41) is 2.55. The van der Waals surface area contributed by atoms with Gasteiger partial charge in [-0.1, -0.05) is 32.9 Å². The van der Waals surface area contributed by atoms with Gasteiger partial charge in [0.2, 0.25) is 0 Å². The van der Waals surface area contributed by atoms with E-state index in [0.29, 0.717) is 12.0 Å². The van der Waals surface area contributed by atoms with E-state index in [0.717, 1.165) is 5.56 Å². The van der Waals surface area contributed by atoms with Gasteiger partial charge in [-0.15, -0.1) is 0 Å². The molecule has 0 spiro atoms. The largest absolute Gasteiger partial charge is 0.497 e. The molecule has 0 radical (unpaired) electrons. The number of benzene rings is 1. The molecule has 1 rings (SSSR count). The van der Waals surface area contributed by atoms with Crippen LogP contribution < -0.4 is 10.1 Å². The molecule has 1 amide bonds. The zero-order valence-electron chi connectivity index (χ0n) is 12.3. The molecule has 0 aliphatic rings. The molecule has 1 N–H and O–H groups in total. The number of hydrogen-bond acceptors (Lipinski definition) is 4. The second-order valence-corrected chi connectivity index (χ2v) is 5.55. The van der Waals surface area contributed by atoms with E-state index in [2.05, 4.69) is 5.32 Å². The van der Waals surface area contributed by atoms with E-state index in [4.69, 9.17) is 9.47 Å². The normalized spacial score (nSPS) is 12.4. The summed E-state index contributed by atoms with van der Waals surface area (Å²) >= 11 is 0. The van der Waals surface area contributed by atoms with Crippen LogP contribution in [0, 0.1) is 5.41 Å². The molecule has 0 saturated carbocycles. The molecule has 0 fully saturated rings. The van der Waals surface area contributed by atoms with Crippen molar-refractivity contribution in [2.45, 2.75) is 33.4 Å². The van der Waals surface area contributed by atoms with Gasteiger partial charge in [0.25, 0.3) is 0 Å². The summed E-state index contributed by atoms with van der Waals surface area (Å²) in [6, 6.07) is 6.66. The first-order valence-electron chi connectivity index (χ1n) is 6.38. The van der Waals surface area contributed by atoms with Gasteiger partial charge in [-0.2, -0.15) is 0 Å². The van der Waals surface area contributed by atoms with Gasteiger partial charge in [0, 0.05) is 0 Å². The molecule has 0 aliphatic heterocycles. The van der Waals surface area contributed by atoms with Gasteiger partial charge in [-0.05, 0) is 23.1 Å². The standard InChI is InChI=1S/C15H21NO4/c1-15(2,3)13(9-17)16-14(18)20-10-11-6-5-7-12(8-11)19-4/h5-9,13H,10H2,1-4H3,(H,16,18). The van der Waals surface area contributed by atoms with E-state index in [1.165, 1.54) is 0 Å². The maximum absolute atomic E-state index is 11.7. The molecule has 0 heterocycles. The average molecular weight is 279 g/mol. The lowest BCUT2D eigenvalue weighted by molar-refractivity contribution is -0.111. The number of ether oxygens (including phenoxy) is 2. The fourth-order valence-electron chi connectivity index (χ4n) is 1.53. The van der Waals surface area contributed by atoms with Crippen molar-refractivity contribution < 1.29 is 19.1 Å². The lowest BCUT2D eigenvalue weighted by atomic mass is 9.88. The van der Waals surface area contributed by atoms with Crippen molar-refractivity contribution in [3.8, 4) is 5.75 Å². The highest BCUT2D eigenvalue weighted by atomic mass is 16.5. The third-order valence-electron chi connectivity index (χ3n) is 2.85. The third kappa shape index (κ3) is 4.91. The Labute approximate surface area is 119 Å². The number of methoxy groups -OCH3 is 1. The summed E-state index contributed by atoms with van der Waals surface area (Å²) in [7, 11) is 1.57. The molecular weight excluding hydrogens is 258 g/mol. The second-order valence-electron chi connectivity index (χ2n) is 5.55. The summed E-state index contributed by atoms with van der Waals surface area (Å²) in [6.07, 6.45) is 0.104. The number of aldehydes is 1. The summed E-state index contributed by atoms with van der Waals surface area (Å²) < 4.78 is 10.2. The number of rotatable bonds is 5. The molecule has 20 heavy (non-hydrogen) atoms. The minimum atomic E-state index is -0.611. The van der Waals surface area contributed by atoms with E-state index in [1.807, 2.05) is 39.0 Å². The summed E-state index contributed by atoms with van der Waals surface area (Å²) in [5.41, 5.74) is 0.467. The first-order chi connectivity index (χ1) is 9.36. The Hall–Kier alpha value is -2.04. The van der Waals surface area contributed by atoms with Gasteiger partial charge in [0.1, 0.15) is 18.6 Å². The van der Waals surface area contributed by atoms with E-state index >= 15 is 0 Å². The topological polar surface area (TPSA) is 64.6 Å². The highest BCUT2D eigenvalue weighted by Gasteiger charge is 2.26. The highest BCUT2D eigenvalue weighted by Crippen LogP contribution is 2.18. The van der Waals surface area contributed by atoms with Crippen LogP contribution in [-0.2, 0) is 16.1 Å². The van der Waals surface area contributed by atoms with E-state index in [-0.39, 0.29) is 12.0 Å². The lowest BCUT2D eigenvalue weighted by Gasteiger charge is -2.26. The molecule has 1 aromatic carbocycles. The lowest BCUT2D eigenvalue weighted by Crippen LogP contribution is -2.45. The Morgan fingerprint density at radius 1 is 1.40 bits per heavy atom. The molecule has 0 bridgehead atoms. The monoisotopic (exact) mass is 279 g/mol. The maximum atomic E-state index is 11.7. The molecule has 1 unspecified atom stereocenters. The molecule has 5 nitrogen and oxygen atoms in total. The van der Waals surface area contributed by atoms with Crippen LogP contribution >= 0.6 is 0 Å². The average Bonchev–Trinajstić information content (AvgIpc) is 2.41.